The fourth-order valence-electron chi connectivity index (χ4n) is 2.59. The van der Waals surface area contributed by atoms with Crippen molar-refractivity contribution in [3.63, 3.8) is 0 Å². The molecule has 1 aromatic heterocycles. The zero-order valence-electron chi connectivity index (χ0n) is 11.7. The van der Waals surface area contributed by atoms with E-state index in [4.69, 9.17) is 4.52 Å². The van der Waals surface area contributed by atoms with Gasteiger partial charge in [-0.25, -0.2) is 0 Å². The van der Waals surface area contributed by atoms with Crippen LogP contribution in [0.15, 0.2) is 22.7 Å². The summed E-state index contributed by atoms with van der Waals surface area (Å²) in [6.45, 7) is 3.70. The molecule has 1 fully saturated rings. The van der Waals surface area contributed by atoms with Gasteiger partial charge in [0.15, 0.2) is 5.82 Å². The number of nitrogens with one attached hydrogen (secondary N) is 1. The topological polar surface area (TPSA) is 94.1 Å². The van der Waals surface area contributed by atoms with E-state index in [2.05, 4.69) is 15.5 Å². The summed E-state index contributed by atoms with van der Waals surface area (Å²) in [6, 6.07) is 4.80. The quantitative estimate of drug-likeness (QED) is 0.688. The molecule has 2 aromatic rings. The zero-order valence-corrected chi connectivity index (χ0v) is 11.7. The fraction of sp³-hybridized carbons (Fsp3) is 0.429. The van der Waals surface area contributed by atoms with Crippen molar-refractivity contribution in [1.29, 1.82) is 0 Å². The molecule has 21 heavy (non-hydrogen) atoms. The molecule has 7 nitrogen and oxygen atoms in total. The molecule has 7 heteroatoms. The van der Waals surface area contributed by atoms with E-state index in [0.29, 0.717) is 23.2 Å². The Labute approximate surface area is 121 Å². The molecule has 0 bridgehead atoms. The molecule has 110 valence electrons. The molecule has 0 spiro atoms. The van der Waals surface area contributed by atoms with E-state index in [0.717, 1.165) is 31.5 Å². The summed E-state index contributed by atoms with van der Waals surface area (Å²) in [7, 11) is 0. The smallest absolute Gasteiger partial charge is 0.270 e. The van der Waals surface area contributed by atoms with Gasteiger partial charge in [-0.3, -0.25) is 10.1 Å². The Morgan fingerprint density at radius 1 is 1.33 bits per heavy atom. The number of benzene rings is 1. The van der Waals surface area contributed by atoms with E-state index in [1.165, 1.54) is 12.1 Å². The van der Waals surface area contributed by atoms with Gasteiger partial charge in [-0.05, 0) is 44.5 Å². The number of piperidine rings is 1. The molecule has 1 aliphatic rings. The third-order valence-electron chi connectivity index (χ3n) is 3.67. The Bertz CT molecular complexity index is 662. The Balaban J connectivity index is 1.90. The highest BCUT2D eigenvalue weighted by molar-refractivity contribution is 5.59. The van der Waals surface area contributed by atoms with Crippen molar-refractivity contribution in [3.8, 4) is 11.5 Å². The molecule has 1 saturated heterocycles. The van der Waals surface area contributed by atoms with Crippen LogP contribution >= 0.6 is 0 Å². The SMILES string of the molecule is Cc1cc(-c2nc(C3CCNCC3)no2)cc([N+](=O)[O-])c1. The van der Waals surface area contributed by atoms with E-state index in [1.807, 2.05) is 6.07 Å². The minimum atomic E-state index is -0.416. The van der Waals surface area contributed by atoms with Crippen molar-refractivity contribution in [1.82, 2.24) is 15.5 Å². The van der Waals surface area contributed by atoms with Crippen molar-refractivity contribution in [2.45, 2.75) is 25.7 Å². The van der Waals surface area contributed by atoms with Gasteiger partial charge < -0.3 is 9.84 Å². The van der Waals surface area contributed by atoms with Crippen molar-refractivity contribution in [2.24, 2.45) is 0 Å². The van der Waals surface area contributed by atoms with E-state index in [-0.39, 0.29) is 5.69 Å². The molecule has 1 N–H and O–H groups in total. The van der Waals surface area contributed by atoms with Crippen LogP contribution in [-0.2, 0) is 0 Å². The van der Waals surface area contributed by atoms with E-state index >= 15 is 0 Å². The first-order chi connectivity index (χ1) is 10.1. The van der Waals surface area contributed by atoms with Crippen LogP contribution < -0.4 is 5.32 Å². The second kappa shape index (κ2) is 5.61. The summed E-state index contributed by atoms with van der Waals surface area (Å²) < 4.78 is 5.29. The highest BCUT2D eigenvalue weighted by atomic mass is 16.6. The molecular formula is C14H16N4O3. The van der Waals surface area contributed by atoms with Gasteiger partial charge in [-0.2, -0.15) is 4.98 Å². The maximum Gasteiger partial charge on any atom is 0.270 e. The fourth-order valence-corrected chi connectivity index (χ4v) is 2.59. The Kier molecular flexibility index (Phi) is 3.66. The number of aromatic nitrogens is 2. The van der Waals surface area contributed by atoms with Crippen LogP contribution in [0, 0.1) is 17.0 Å². The molecule has 0 unspecified atom stereocenters. The molecule has 3 rings (SSSR count). The lowest BCUT2D eigenvalue weighted by Crippen LogP contribution is -2.27. The molecule has 0 saturated carbocycles. The number of nitro benzene ring substituents is 1. The monoisotopic (exact) mass is 288 g/mol. The zero-order chi connectivity index (χ0) is 14.8. The summed E-state index contributed by atoms with van der Waals surface area (Å²) >= 11 is 0. The second-order valence-electron chi connectivity index (χ2n) is 5.30. The minimum absolute atomic E-state index is 0.0339. The number of nitro groups is 1. The maximum absolute atomic E-state index is 10.9. The minimum Gasteiger partial charge on any atom is -0.334 e. The lowest BCUT2D eigenvalue weighted by Gasteiger charge is -2.18. The number of rotatable bonds is 3. The highest BCUT2D eigenvalue weighted by Gasteiger charge is 2.22. The van der Waals surface area contributed by atoms with Gasteiger partial charge in [0, 0.05) is 23.6 Å². The van der Waals surface area contributed by atoms with E-state index in [9.17, 15) is 10.1 Å². The molecule has 1 aliphatic heterocycles. The number of nitrogens with zero attached hydrogens (tertiary/aromatic N) is 3. The van der Waals surface area contributed by atoms with Gasteiger partial charge in [-0.15, -0.1) is 0 Å². The number of hydrogen-bond acceptors (Lipinski definition) is 6. The third kappa shape index (κ3) is 2.92. The summed E-state index contributed by atoms with van der Waals surface area (Å²) in [5.74, 6) is 1.33. The maximum atomic E-state index is 10.9. The molecule has 2 heterocycles. The van der Waals surface area contributed by atoms with Crippen LogP contribution in [0.4, 0.5) is 5.69 Å². The van der Waals surface area contributed by atoms with Gasteiger partial charge >= 0.3 is 0 Å². The summed E-state index contributed by atoms with van der Waals surface area (Å²) in [4.78, 5) is 14.9. The molecule has 0 atom stereocenters. The number of hydrogen-bond donors (Lipinski definition) is 1. The third-order valence-corrected chi connectivity index (χ3v) is 3.67. The molecule has 0 amide bonds. The Hall–Kier alpha value is -2.28. The van der Waals surface area contributed by atoms with Crippen LogP contribution in [0.5, 0.6) is 0 Å². The van der Waals surface area contributed by atoms with Gasteiger partial charge in [0.1, 0.15) is 0 Å². The van der Waals surface area contributed by atoms with Crippen molar-refractivity contribution in [2.75, 3.05) is 13.1 Å². The van der Waals surface area contributed by atoms with Crippen molar-refractivity contribution >= 4 is 5.69 Å². The molecule has 1 aromatic carbocycles. The van der Waals surface area contributed by atoms with Crippen molar-refractivity contribution in [3.05, 3.63) is 39.7 Å². The summed E-state index contributed by atoms with van der Waals surface area (Å²) in [5.41, 5.74) is 1.42. The summed E-state index contributed by atoms with van der Waals surface area (Å²) in [6.07, 6.45) is 1.96. The largest absolute Gasteiger partial charge is 0.334 e. The summed E-state index contributed by atoms with van der Waals surface area (Å²) in [5, 5.41) is 18.2. The second-order valence-corrected chi connectivity index (χ2v) is 5.30. The molecule has 0 aliphatic carbocycles. The van der Waals surface area contributed by atoms with Gasteiger partial charge in [0.2, 0.25) is 0 Å². The normalized spacial score (nSPS) is 16.0. The standard InChI is InChI=1S/C14H16N4O3/c1-9-6-11(8-12(7-9)18(19)20)14-16-13(17-21-14)10-2-4-15-5-3-10/h6-8,10,15H,2-5H2,1H3. The van der Waals surface area contributed by atoms with Crippen LogP contribution in [0.1, 0.15) is 30.1 Å². The van der Waals surface area contributed by atoms with Crippen LogP contribution in [0.2, 0.25) is 0 Å². The molecule has 0 radical (unpaired) electrons. The molecular weight excluding hydrogens is 272 g/mol. The predicted molar refractivity (Wildman–Crippen MR) is 76.0 cm³/mol. The lowest BCUT2D eigenvalue weighted by atomic mass is 9.98. The first-order valence-electron chi connectivity index (χ1n) is 6.94. The van der Waals surface area contributed by atoms with Gasteiger partial charge in [0.05, 0.1) is 4.92 Å². The Morgan fingerprint density at radius 2 is 2.10 bits per heavy atom. The van der Waals surface area contributed by atoms with E-state index in [1.54, 1.807) is 6.92 Å². The predicted octanol–water partition coefficient (Wildman–Crippen LogP) is 2.42. The average Bonchev–Trinajstić information content (AvgIpc) is 2.97. The van der Waals surface area contributed by atoms with E-state index < -0.39 is 4.92 Å². The first-order valence-corrected chi connectivity index (χ1v) is 6.94. The lowest BCUT2D eigenvalue weighted by molar-refractivity contribution is -0.384. The van der Waals surface area contributed by atoms with Crippen LogP contribution in [-0.4, -0.2) is 28.2 Å². The average molecular weight is 288 g/mol. The highest BCUT2D eigenvalue weighted by Crippen LogP contribution is 2.28. The Morgan fingerprint density at radius 3 is 2.81 bits per heavy atom. The number of non-ortho nitro benzene ring substituents is 1. The van der Waals surface area contributed by atoms with Crippen molar-refractivity contribution < 1.29 is 9.45 Å². The first kappa shape index (κ1) is 13.7. The number of aryl methyl sites for hydroxylation is 1. The van der Waals surface area contributed by atoms with Crippen LogP contribution in [0.25, 0.3) is 11.5 Å². The van der Waals surface area contributed by atoms with Crippen LogP contribution in [0.3, 0.4) is 0 Å². The van der Waals surface area contributed by atoms with Gasteiger partial charge in [-0.1, -0.05) is 5.16 Å². The van der Waals surface area contributed by atoms with Gasteiger partial charge in [0.25, 0.3) is 11.6 Å².